The Morgan fingerprint density at radius 1 is 1.00 bits per heavy atom. The molecule has 8 unspecified atom stereocenters. The molecule has 0 aromatic rings. The molecule has 1 saturated heterocycles. The van der Waals surface area contributed by atoms with Gasteiger partial charge in [-0.2, -0.15) is 0 Å². The molecule has 3 saturated carbocycles. The fourth-order valence-electron chi connectivity index (χ4n) is 5.99. The SMILES string of the molecule is CC(=O)C1CCC2C(=O)C(C3NC4CCCCC4CC3O)C(=O)C2C1. The zero-order valence-corrected chi connectivity index (χ0v) is 14.9. The maximum atomic E-state index is 13.0. The summed E-state index contributed by atoms with van der Waals surface area (Å²) in [6.45, 7) is 1.58. The Morgan fingerprint density at radius 3 is 2.48 bits per heavy atom. The van der Waals surface area contributed by atoms with E-state index in [4.69, 9.17) is 0 Å². The first-order valence-corrected chi connectivity index (χ1v) is 9.99. The molecular weight excluding hydrogens is 318 g/mol. The molecule has 0 spiro atoms. The minimum Gasteiger partial charge on any atom is -0.391 e. The molecule has 4 aliphatic rings. The second kappa shape index (κ2) is 6.58. The second-order valence-corrected chi connectivity index (χ2v) is 8.76. The summed E-state index contributed by atoms with van der Waals surface area (Å²) in [4.78, 5) is 37.7. The van der Waals surface area contributed by atoms with Crippen LogP contribution in [0.2, 0.25) is 0 Å². The van der Waals surface area contributed by atoms with E-state index in [1.165, 1.54) is 12.8 Å². The topological polar surface area (TPSA) is 83.5 Å². The first kappa shape index (κ1) is 17.3. The van der Waals surface area contributed by atoms with Crippen LogP contribution in [0.4, 0.5) is 0 Å². The Bertz CT molecular complexity index is 588. The number of fused-ring (bicyclic) bond motifs is 2. The summed E-state index contributed by atoms with van der Waals surface area (Å²) in [7, 11) is 0. The largest absolute Gasteiger partial charge is 0.391 e. The van der Waals surface area contributed by atoms with E-state index in [9.17, 15) is 19.5 Å². The quantitative estimate of drug-likeness (QED) is 0.742. The van der Waals surface area contributed by atoms with E-state index in [0.717, 1.165) is 12.8 Å². The van der Waals surface area contributed by atoms with Gasteiger partial charge in [-0.25, -0.2) is 0 Å². The van der Waals surface area contributed by atoms with E-state index in [1.807, 2.05) is 0 Å². The van der Waals surface area contributed by atoms with Gasteiger partial charge in [-0.05, 0) is 51.4 Å². The van der Waals surface area contributed by atoms with Gasteiger partial charge < -0.3 is 10.4 Å². The molecule has 3 aliphatic carbocycles. The number of ketones is 3. The van der Waals surface area contributed by atoms with Crippen LogP contribution in [0, 0.1) is 29.6 Å². The molecule has 0 amide bonds. The Morgan fingerprint density at radius 2 is 1.72 bits per heavy atom. The summed E-state index contributed by atoms with van der Waals surface area (Å²) < 4.78 is 0. The lowest BCUT2D eigenvalue weighted by molar-refractivity contribution is -0.132. The number of rotatable bonds is 2. The van der Waals surface area contributed by atoms with Gasteiger partial charge in [0.05, 0.1) is 12.0 Å². The van der Waals surface area contributed by atoms with Crippen LogP contribution in [-0.4, -0.2) is 40.6 Å². The van der Waals surface area contributed by atoms with Crippen molar-refractivity contribution in [1.82, 2.24) is 5.32 Å². The number of Topliss-reactive ketones (excluding diaryl/α,β-unsaturated/α-hetero) is 3. The monoisotopic (exact) mass is 347 g/mol. The number of aliphatic hydroxyl groups excluding tert-OH is 1. The van der Waals surface area contributed by atoms with Crippen LogP contribution in [-0.2, 0) is 14.4 Å². The molecule has 25 heavy (non-hydrogen) atoms. The summed E-state index contributed by atoms with van der Waals surface area (Å²) in [6, 6.07) is -0.101. The first-order valence-electron chi connectivity index (χ1n) is 9.99. The summed E-state index contributed by atoms with van der Waals surface area (Å²) in [6.07, 6.45) is 6.54. The first-order chi connectivity index (χ1) is 12.0. The Labute approximate surface area is 148 Å². The van der Waals surface area contributed by atoms with Gasteiger partial charge in [0.2, 0.25) is 0 Å². The predicted molar refractivity (Wildman–Crippen MR) is 91.8 cm³/mol. The van der Waals surface area contributed by atoms with Crippen molar-refractivity contribution >= 4 is 17.3 Å². The third kappa shape index (κ3) is 2.89. The number of nitrogens with one attached hydrogen (secondary N) is 1. The summed E-state index contributed by atoms with van der Waals surface area (Å²) in [5.74, 6) is -0.736. The number of hydrogen-bond donors (Lipinski definition) is 2. The molecule has 1 heterocycles. The van der Waals surface area contributed by atoms with E-state index < -0.39 is 18.1 Å². The molecule has 4 fully saturated rings. The van der Waals surface area contributed by atoms with Crippen molar-refractivity contribution in [2.24, 2.45) is 29.6 Å². The van der Waals surface area contributed by atoms with Crippen LogP contribution in [0.1, 0.15) is 58.3 Å². The van der Waals surface area contributed by atoms with Crippen LogP contribution in [0.3, 0.4) is 0 Å². The predicted octanol–water partition coefficient (Wildman–Crippen LogP) is 1.66. The van der Waals surface area contributed by atoms with Gasteiger partial charge in [0, 0.05) is 29.8 Å². The second-order valence-electron chi connectivity index (χ2n) is 8.76. The van der Waals surface area contributed by atoms with Crippen LogP contribution >= 0.6 is 0 Å². The van der Waals surface area contributed by atoms with E-state index in [1.54, 1.807) is 6.92 Å². The standard InChI is InChI=1S/C20H29NO4/c1-10(22)11-6-7-13-14(8-11)20(25)17(19(13)24)18-16(23)9-12-4-2-3-5-15(12)21-18/h11-18,21,23H,2-9H2,1H3. The van der Waals surface area contributed by atoms with Gasteiger partial charge in [-0.3, -0.25) is 14.4 Å². The molecule has 0 bridgehead atoms. The molecule has 8 atom stereocenters. The molecule has 5 heteroatoms. The number of carbonyl (C=O) groups is 3. The summed E-state index contributed by atoms with van der Waals surface area (Å²) >= 11 is 0. The molecule has 2 N–H and O–H groups in total. The van der Waals surface area contributed by atoms with E-state index >= 15 is 0 Å². The fraction of sp³-hybridized carbons (Fsp3) is 0.850. The van der Waals surface area contributed by atoms with Crippen LogP contribution in [0.15, 0.2) is 0 Å². The van der Waals surface area contributed by atoms with Crippen molar-refractivity contribution in [3.05, 3.63) is 0 Å². The van der Waals surface area contributed by atoms with Gasteiger partial charge in [-0.15, -0.1) is 0 Å². The lowest BCUT2D eigenvalue weighted by Gasteiger charge is -2.44. The average molecular weight is 347 g/mol. The Kier molecular flexibility index (Phi) is 4.57. The lowest BCUT2D eigenvalue weighted by Crippen LogP contribution is -2.60. The van der Waals surface area contributed by atoms with Crippen molar-refractivity contribution in [3.63, 3.8) is 0 Å². The smallest absolute Gasteiger partial charge is 0.148 e. The minimum atomic E-state index is -0.710. The maximum absolute atomic E-state index is 13.0. The maximum Gasteiger partial charge on any atom is 0.148 e. The number of carbonyl (C=O) groups excluding carboxylic acids is 3. The van der Waals surface area contributed by atoms with Gasteiger partial charge in [0.1, 0.15) is 17.3 Å². The van der Waals surface area contributed by atoms with Crippen LogP contribution < -0.4 is 5.32 Å². The van der Waals surface area contributed by atoms with Crippen LogP contribution in [0.25, 0.3) is 0 Å². The highest BCUT2D eigenvalue weighted by Gasteiger charge is 2.56. The lowest BCUT2D eigenvalue weighted by atomic mass is 9.73. The number of piperidine rings is 1. The molecule has 0 aromatic carbocycles. The van der Waals surface area contributed by atoms with Crippen molar-refractivity contribution in [1.29, 1.82) is 0 Å². The highest BCUT2D eigenvalue weighted by atomic mass is 16.3. The van der Waals surface area contributed by atoms with E-state index in [2.05, 4.69) is 5.32 Å². The van der Waals surface area contributed by atoms with Crippen molar-refractivity contribution < 1.29 is 19.5 Å². The zero-order valence-electron chi connectivity index (χ0n) is 14.9. The molecule has 4 rings (SSSR count). The molecule has 1 aliphatic heterocycles. The van der Waals surface area contributed by atoms with E-state index in [0.29, 0.717) is 37.6 Å². The third-order valence-corrected chi connectivity index (χ3v) is 7.40. The average Bonchev–Trinajstić information content (AvgIpc) is 2.85. The third-order valence-electron chi connectivity index (χ3n) is 7.40. The van der Waals surface area contributed by atoms with Gasteiger partial charge in [-0.1, -0.05) is 12.8 Å². The molecule has 5 nitrogen and oxygen atoms in total. The van der Waals surface area contributed by atoms with Gasteiger partial charge in [0.25, 0.3) is 0 Å². The van der Waals surface area contributed by atoms with Gasteiger partial charge in [0.15, 0.2) is 0 Å². The molecule has 0 aromatic heterocycles. The summed E-state index contributed by atoms with van der Waals surface area (Å²) in [5, 5.41) is 14.1. The van der Waals surface area contributed by atoms with E-state index in [-0.39, 0.29) is 35.1 Å². The number of hydrogen-bond acceptors (Lipinski definition) is 5. The van der Waals surface area contributed by atoms with Gasteiger partial charge >= 0.3 is 0 Å². The van der Waals surface area contributed by atoms with Crippen molar-refractivity contribution in [2.45, 2.75) is 76.5 Å². The Hall–Kier alpha value is -1.07. The fourth-order valence-corrected chi connectivity index (χ4v) is 5.99. The minimum absolute atomic E-state index is 0.0165. The highest BCUT2D eigenvalue weighted by molar-refractivity contribution is 6.12. The van der Waals surface area contributed by atoms with Crippen LogP contribution in [0.5, 0.6) is 0 Å². The Balaban J connectivity index is 1.53. The normalized spacial score (nSPS) is 47.3. The van der Waals surface area contributed by atoms with Crippen molar-refractivity contribution in [3.8, 4) is 0 Å². The number of aliphatic hydroxyl groups is 1. The molecular formula is C20H29NO4. The highest BCUT2D eigenvalue weighted by Crippen LogP contribution is 2.45. The zero-order chi connectivity index (χ0) is 17.7. The molecule has 138 valence electrons. The molecule has 0 radical (unpaired) electrons. The van der Waals surface area contributed by atoms with Crippen molar-refractivity contribution in [2.75, 3.05) is 0 Å². The summed E-state index contributed by atoms with van der Waals surface area (Å²) in [5.41, 5.74) is 0.